The first-order valence-electron chi connectivity index (χ1n) is 5.47. The Morgan fingerprint density at radius 1 is 1.43 bits per heavy atom. The number of aromatic nitrogens is 2. The van der Waals surface area contributed by atoms with Crippen LogP contribution in [-0.2, 0) is 26.3 Å². The van der Waals surface area contributed by atoms with E-state index in [0.717, 1.165) is 18.7 Å². The minimum Gasteiger partial charge on any atom is -0.335 e. The van der Waals surface area contributed by atoms with E-state index in [4.69, 9.17) is 5.73 Å². The van der Waals surface area contributed by atoms with Crippen molar-refractivity contribution in [1.82, 2.24) is 9.55 Å². The zero-order valence-corrected chi connectivity index (χ0v) is 9.08. The fourth-order valence-corrected chi connectivity index (χ4v) is 2.21. The first-order chi connectivity index (χ1) is 6.68. The molecule has 2 rings (SSSR count). The van der Waals surface area contributed by atoms with Crippen molar-refractivity contribution in [1.29, 1.82) is 0 Å². The number of imidazole rings is 1. The second kappa shape index (κ2) is 3.73. The van der Waals surface area contributed by atoms with Gasteiger partial charge in [-0.25, -0.2) is 4.98 Å². The third-order valence-corrected chi connectivity index (χ3v) is 2.97. The SMILES string of the molecule is CC(N)Cc1nc2c(n1C)CCCC2. The lowest BCUT2D eigenvalue weighted by Crippen LogP contribution is -2.20. The Hall–Kier alpha value is -0.830. The molecular weight excluding hydrogens is 174 g/mol. The summed E-state index contributed by atoms with van der Waals surface area (Å²) in [5.74, 6) is 1.16. The number of hydrogen-bond acceptors (Lipinski definition) is 2. The van der Waals surface area contributed by atoms with Gasteiger partial charge in [0.25, 0.3) is 0 Å². The van der Waals surface area contributed by atoms with Crippen molar-refractivity contribution in [3.05, 3.63) is 17.2 Å². The van der Waals surface area contributed by atoms with Crippen LogP contribution in [0.3, 0.4) is 0 Å². The van der Waals surface area contributed by atoms with Crippen LogP contribution in [0.25, 0.3) is 0 Å². The molecule has 0 saturated heterocycles. The molecule has 0 saturated carbocycles. The van der Waals surface area contributed by atoms with Crippen LogP contribution in [0.1, 0.15) is 37.0 Å². The second-order valence-corrected chi connectivity index (χ2v) is 4.37. The standard InChI is InChI=1S/C11H19N3/c1-8(12)7-11-13-9-5-3-4-6-10(9)14(11)2/h8H,3-7,12H2,1-2H3. The molecule has 78 valence electrons. The van der Waals surface area contributed by atoms with E-state index in [9.17, 15) is 0 Å². The van der Waals surface area contributed by atoms with Gasteiger partial charge in [-0.05, 0) is 32.6 Å². The van der Waals surface area contributed by atoms with E-state index >= 15 is 0 Å². The van der Waals surface area contributed by atoms with Gasteiger partial charge < -0.3 is 10.3 Å². The summed E-state index contributed by atoms with van der Waals surface area (Å²) in [7, 11) is 2.12. The van der Waals surface area contributed by atoms with Crippen molar-refractivity contribution in [2.45, 2.75) is 45.1 Å². The first kappa shape index (κ1) is 9.71. The molecule has 0 bridgehead atoms. The van der Waals surface area contributed by atoms with Crippen molar-refractivity contribution in [2.75, 3.05) is 0 Å². The normalized spacial score (nSPS) is 17.9. The molecule has 3 heteroatoms. The zero-order chi connectivity index (χ0) is 10.1. The van der Waals surface area contributed by atoms with Gasteiger partial charge in [0.1, 0.15) is 5.82 Å². The van der Waals surface area contributed by atoms with Gasteiger partial charge in [-0.3, -0.25) is 0 Å². The number of nitrogens with two attached hydrogens (primary N) is 1. The van der Waals surface area contributed by atoms with Crippen molar-refractivity contribution in [3.8, 4) is 0 Å². The maximum absolute atomic E-state index is 5.80. The minimum atomic E-state index is 0.206. The molecule has 3 nitrogen and oxygen atoms in total. The van der Waals surface area contributed by atoms with Crippen LogP contribution in [0.4, 0.5) is 0 Å². The van der Waals surface area contributed by atoms with Crippen molar-refractivity contribution in [2.24, 2.45) is 12.8 Å². The van der Waals surface area contributed by atoms with E-state index in [1.165, 1.54) is 30.7 Å². The molecule has 2 N–H and O–H groups in total. The Morgan fingerprint density at radius 2 is 2.14 bits per heavy atom. The van der Waals surface area contributed by atoms with Crippen molar-refractivity contribution < 1.29 is 0 Å². The lowest BCUT2D eigenvalue weighted by Gasteiger charge is -2.11. The molecule has 14 heavy (non-hydrogen) atoms. The Bertz CT molecular complexity index is 326. The quantitative estimate of drug-likeness (QED) is 0.766. The predicted molar refractivity (Wildman–Crippen MR) is 57.2 cm³/mol. The fourth-order valence-electron chi connectivity index (χ4n) is 2.21. The fraction of sp³-hybridized carbons (Fsp3) is 0.727. The van der Waals surface area contributed by atoms with Crippen LogP contribution < -0.4 is 5.73 Å². The summed E-state index contributed by atoms with van der Waals surface area (Å²) < 4.78 is 2.25. The number of aryl methyl sites for hydroxylation is 1. The van der Waals surface area contributed by atoms with Crippen LogP contribution >= 0.6 is 0 Å². The van der Waals surface area contributed by atoms with Crippen LogP contribution in [-0.4, -0.2) is 15.6 Å². The summed E-state index contributed by atoms with van der Waals surface area (Å²) >= 11 is 0. The average Bonchev–Trinajstić information content (AvgIpc) is 2.44. The Morgan fingerprint density at radius 3 is 2.79 bits per heavy atom. The van der Waals surface area contributed by atoms with Gasteiger partial charge in [-0.2, -0.15) is 0 Å². The highest BCUT2D eigenvalue weighted by molar-refractivity contribution is 5.20. The molecule has 0 spiro atoms. The van der Waals surface area contributed by atoms with Crippen molar-refractivity contribution in [3.63, 3.8) is 0 Å². The molecule has 1 aliphatic carbocycles. The molecule has 1 atom stereocenters. The summed E-state index contributed by atoms with van der Waals surface area (Å²) in [5.41, 5.74) is 8.55. The summed E-state index contributed by atoms with van der Waals surface area (Å²) in [4.78, 5) is 4.67. The molecular formula is C11H19N3. The van der Waals surface area contributed by atoms with E-state index in [0.29, 0.717) is 0 Å². The molecule has 1 aromatic heterocycles. The summed E-state index contributed by atoms with van der Waals surface area (Å²) in [6.07, 6.45) is 5.84. The number of nitrogens with zero attached hydrogens (tertiary/aromatic N) is 2. The summed E-state index contributed by atoms with van der Waals surface area (Å²) in [6, 6.07) is 0.206. The molecule has 1 aromatic rings. The average molecular weight is 193 g/mol. The molecule has 1 heterocycles. The van der Waals surface area contributed by atoms with Crippen LogP contribution in [0.15, 0.2) is 0 Å². The van der Waals surface area contributed by atoms with Gasteiger partial charge in [0.15, 0.2) is 0 Å². The number of fused-ring (bicyclic) bond motifs is 1. The van der Waals surface area contributed by atoms with Crippen LogP contribution in [0.5, 0.6) is 0 Å². The van der Waals surface area contributed by atoms with Gasteiger partial charge in [0, 0.05) is 25.2 Å². The van der Waals surface area contributed by atoms with E-state index in [1.807, 2.05) is 6.92 Å². The third-order valence-electron chi connectivity index (χ3n) is 2.97. The van der Waals surface area contributed by atoms with E-state index in [2.05, 4.69) is 16.6 Å². The topological polar surface area (TPSA) is 43.8 Å². The van der Waals surface area contributed by atoms with E-state index < -0.39 is 0 Å². The van der Waals surface area contributed by atoms with Crippen molar-refractivity contribution >= 4 is 0 Å². The molecule has 0 amide bonds. The monoisotopic (exact) mass is 193 g/mol. The maximum atomic E-state index is 5.80. The molecule has 0 aliphatic heterocycles. The highest BCUT2D eigenvalue weighted by atomic mass is 15.1. The third kappa shape index (κ3) is 1.69. The van der Waals surface area contributed by atoms with E-state index in [1.54, 1.807) is 0 Å². The smallest absolute Gasteiger partial charge is 0.110 e. The first-order valence-corrected chi connectivity index (χ1v) is 5.47. The number of rotatable bonds is 2. The van der Waals surface area contributed by atoms with Gasteiger partial charge in [-0.15, -0.1) is 0 Å². The molecule has 1 unspecified atom stereocenters. The molecule has 0 fully saturated rings. The zero-order valence-electron chi connectivity index (χ0n) is 9.08. The van der Waals surface area contributed by atoms with Gasteiger partial charge >= 0.3 is 0 Å². The largest absolute Gasteiger partial charge is 0.335 e. The highest BCUT2D eigenvalue weighted by Gasteiger charge is 2.17. The minimum absolute atomic E-state index is 0.206. The van der Waals surface area contributed by atoms with Crippen LogP contribution in [0.2, 0.25) is 0 Å². The highest BCUT2D eigenvalue weighted by Crippen LogP contribution is 2.21. The maximum Gasteiger partial charge on any atom is 0.110 e. The molecule has 0 aromatic carbocycles. The Balaban J connectivity index is 2.29. The molecule has 1 aliphatic rings. The van der Waals surface area contributed by atoms with Crippen LogP contribution in [0, 0.1) is 0 Å². The lowest BCUT2D eigenvalue weighted by atomic mass is 10.0. The Kier molecular flexibility index (Phi) is 2.59. The summed E-state index contributed by atoms with van der Waals surface area (Å²) in [5, 5.41) is 0. The van der Waals surface area contributed by atoms with Gasteiger partial charge in [-0.1, -0.05) is 0 Å². The van der Waals surface area contributed by atoms with Gasteiger partial charge in [0.2, 0.25) is 0 Å². The number of hydrogen-bond donors (Lipinski definition) is 1. The predicted octanol–water partition coefficient (Wildman–Crippen LogP) is 1.19. The second-order valence-electron chi connectivity index (χ2n) is 4.37. The van der Waals surface area contributed by atoms with Gasteiger partial charge in [0.05, 0.1) is 5.69 Å². The Labute approximate surface area is 85.3 Å². The molecule has 0 radical (unpaired) electrons. The van der Waals surface area contributed by atoms with E-state index in [-0.39, 0.29) is 6.04 Å². The lowest BCUT2D eigenvalue weighted by molar-refractivity contribution is 0.630. The summed E-state index contributed by atoms with van der Waals surface area (Å²) in [6.45, 7) is 2.04.